The van der Waals surface area contributed by atoms with E-state index in [9.17, 15) is 18.0 Å². The number of hydrogen-bond donors (Lipinski definition) is 0. The Morgan fingerprint density at radius 2 is 1.18 bits per heavy atom. The lowest BCUT2D eigenvalue weighted by Gasteiger charge is -2.07. The topological polar surface area (TPSA) is 41.8 Å². The van der Waals surface area contributed by atoms with Gasteiger partial charge in [-0.15, -0.1) is 0 Å². The van der Waals surface area contributed by atoms with E-state index in [4.69, 9.17) is 0 Å². The molecule has 0 saturated heterocycles. The van der Waals surface area contributed by atoms with Crippen LogP contribution in [-0.4, -0.2) is 12.0 Å². The van der Waals surface area contributed by atoms with Crippen molar-refractivity contribution in [3.05, 3.63) is 83.9 Å². The third kappa shape index (κ3) is 5.13. The van der Waals surface area contributed by atoms with Gasteiger partial charge in [0.05, 0.1) is 11.4 Å². The van der Waals surface area contributed by atoms with Gasteiger partial charge in [0.25, 0.3) is 0 Å². The van der Waals surface area contributed by atoms with Crippen molar-refractivity contribution >= 4 is 17.2 Å². The fourth-order valence-electron chi connectivity index (χ4n) is 2.55. The van der Waals surface area contributed by atoms with Gasteiger partial charge in [0, 0.05) is 6.42 Å². The minimum absolute atomic E-state index is 0.328. The molecular weight excluding hydrogens is 365 g/mol. The molecule has 0 aliphatic heterocycles. The monoisotopic (exact) mass is 382 g/mol. The van der Waals surface area contributed by atoms with Gasteiger partial charge in [-0.3, -0.25) is 4.79 Å². The second-order valence-electron chi connectivity index (χ2n) is 6.38. The fraction of sp³-hybridized carbons (Fsp3) is 0.136. The Bertz CT molecular complexity index is 974. The molecule has 0 bridgehead atoms. The van der Waals surface area contributed by atoms with Crippen molar-refractivity contribution in [3.8, 4) is 11.1 Å². The number of carbonyl (C=O) groups excluding carboxylic acids is 1. The Kier molecular flexibility index (Phi) is 5.68. The Morgan fingerprint density at radius 3 is 1.64 bits per heavy atom. The number of nitrogens with zero attached hydrogens (tertiary/aromatic N) is 2. The largest absolute Gasteiger partial charge is 0.450 e. The normalized spacial score (nSPS) is 11.7. The first-order valence-electron chi connectivity index (χ1n) is 8.59. The zero-order valence-corrected chi connectivity index (χ0v) is 15.1. The lowest BCUT2D eigenvalue weighted by molar-refractivity contribution is -0.170. The van der Waals surface area contributed by atoms with Gasteiger partial charge in [-0.25, -0.2) is 0 Å². The lowest BCUT2D eigenvalue weighted by Crippen LogP contribution is -2.24. The molecule has 142 valence electrons. The lowest BCUT2D eigenvalue weighted by atomic mass is 10.0. The number of rotatable bonds is 5. The summed E-state index contributed by atoms with van der Waals surface area (Å²) < 4.78 is 37.0. The van der Waals surface area contributed by atoms with E-state index in [1.165, 1.54) is 12.1 Å². The van der Waals surface area contributed by atoms with E-state index in [0.717, 1.165) is 22.4 Å². The highest BCUT2D eigenvalue weighted by Gasteiger charge is 2.37. The van der Waals surface area contributed by atoms with E-state index in [0.29, 0.717) is 11.3 Å². The van der Waals surface area contributed by atoms with Gasteiger partial charge in [-0.05, 0) is 47.9 Å². The van der Waals surface area contributed by atoms with Crippen LogP contribution in [0.25, 0.3) is 11.1 Å². The summed E-state index contributed by atoms with van der Waals surface area (Å²) in [6.45, 7) is 2.00. The first-order chi connectivity index (χ1) is 13.3. The maximum Gasteiger partial charge on any atom is 0.450 e. The Hall–Kier alpha value is -3.28. The predicted octanol–water partition coefficient (Wildman–Crippen LogP) is 6.75. The van der Waals surface area contributed by atoms with Crippen LogP contribution in [0.1, 0.15) is 11.1 Å². The van der Waals surface area contributed by atoms with E-state index < -0.39 is 18.4 Å². The molecule has 0 heterocycles. The molecule has 3 nitrogen and oxygen atoms in total. The number of azo groups is 1. The second kappa shape index (κ2) is 8.17. The Balaban J connectivity index is 1.67. The van der Waals surface area contributed by atoms with Crippen LogP contribution < -0.4 is 0 Å². The molecule has 0 unspecified atom stereocenters. The Labute approximate surface area is 160 Å². The zero-order chi connectivity index (χ0) is 20.1. The molecule has 0 atom stereocenters. The van der Waals surface area contributed by atoms with Crippen molar-refractivity contribution in [2.45, 2.75) is 19.5 Å². The first-order valence-corrected chi connectivity index (χ1v) is 8.59. The summed E-state index contributed by atoms with van der Waals surface area (Å²) in [5.41, 5.74) is 4.66. The van der Waals surface area contributed by atoms with Gasteiger partial charge in [-0.1, -0.05) is 54.1 Å². The third-order valence-corrected chi connectivity index (χ3v) is 4.15. The van der Waals surface area contributed by atoms with Crippen molar-refractivity contribution < 1.29 is 18.0 Å². The minimum atomic E-state index is -4.80. The van der Waals surface area contributed by atoms with Crippen LogP contribution in [-0.2, 0) is 11.2 Å². The zero-order valence-electron chi connectivity index (χ0n) is 15.1. The van der Waals surface area contributed by atoms with Gasteiger partial charge in [0.2, 0.25) is 5.78 Å². The number of carbonyl (C=O) groups is 1. The number of Topliss-reactive ketones (excluding diaryl/α,β-unsaturated/α-hetero) is 1. The quantitative estimate of drug-likeness (QED) is 0.450. The van der Waals surface area contributed by atoms with E-state index in [2.05, 4.69) is 10.2 Å². The number of hydrogen-bond acceptors (Lipinski definition) is 3. The number of aryl methyl sites for hydroxylation is 1. The van der Waals surface area contributed by atoms with Gasteiger partial charge < -0.3 is 0 Å². The number of halogens is 3. The molecule has 0 aliphatic carbocycles. The smallest absolute Gasteiger partial charge is 0.289 e. The molecule has 0 aromatic heterocycles. The summed E-state index contributed by atoms with van der Waals surface area (Å²) in [4.78, 5) is 11.1. The highest BCUT2D eigenvalue weighted by molar-refractivity contribution is 5.86. The summed E-state index contributed by atoms with van der Waals surface area (Å²) in [5.74, 6) is -1.75. The number of benzene rings is 3. The summed E-state index contributed by atoms with van der Waals surface area (Å²) >= 11 is 0. The minimum Gasteiger partial charge on any atom is -0.289 e. The second-order valence-corrected chi connectivity index (χ2v) is 6.38. The van der Waals surface area contributed by atoms with E-state index >= 15 is 0 Å². The standard InChI is InChI=1S/C22H17F3N2O/c1-15-2-10-19(11-3-15)26-27-20-12-8-18(9-13-20)17-6-4-16(5-7-17)14-21(28)22(23,24)25/h2-13H,14H2,1H3. The molecule has 0 saturated carbocycles. The molecule has 0 spiro atoms. The average molecular weight is 382 g/mol. The van der Waals surface area contributed by atoms with Crippen LogP contribution in [0.15, 0.2) is 83.0 Å². The molecule has 0 amide bonds. The van der Waals surface area contributed by atoms with Crippen molar-refractivity contribution in [2.24, 2.45) is 10.2 Å². The van der Waals surface area contributed by atoms with Crippen LogP contribution in [0.5, 0.6) is 0 Å². The van der Waals surface area contributed by atoms with Crippen LogP contribution in [0.4, 0.5) is 24.5 Å². The van der Waals surface area contributed by atoms with E-state index in [-0.39, 0.29) is 0 Å². The summed E-state index contributed by atoms with van der Waals surface area (Å²) in [6.07, 6.45) is -5.45. The van der Waals surface area contributed by atoms with E-state index in [1.54, 1.807) is 12.1 Å². The molecule has 0 radical (unpaired) electrons. The Morgan fingerprint density at radius 1 is 0.750 bits per heavy atom. The highest BCUT2D eigenvalue weighted by Crippen LogP contribution is 2.25. The molecule has 3 aromatic carbocycles. The van der Waals surface area contributed by atoms with Gasteiger partial charge in [0.15, 0.2) is 0 Å². The number of alkyl halides is 3. The van der Waals surface area contributed by atoms with Crippen LogP contribution in [0.3, 0.4) is 0 Å². The molecule has 0 N–H and O–H groups in total. The predicted molar refractivity (Wildman–Crippen MR) is 102 cm³/mol. The molecule has 0 aliphatic rings. The van der Waals surface area contributed by atoms with Gasteiger partial charge >= 0.3 is 6.18 Å². The molecule has 6 heteroatoms. The van der Waals surface area contributed by atoms with Crippen LogP contribution in [0, 0.1) is 6.92 Å². The maximum absolute atomic E-state index is 12.3. The fourth-order valence-corrected chi connectivity index (χ4v) is 2.55. The van der Waals surface area contributed by atoms with Crippen LogP contribution >= 0.6 is 0 Å². The third-order valence-electron chi connectivity index (χ3n) is 4.15. The van der Waals surface area contributed by atoms with Crippen molar-refractivity contribution in [1.82, 2.24) is 0 Å². The maximum atomic E-state index is 12.3. The van der Waals surface area contributed by atoms with Gasteiger partial charge in [0.1, 0.15) is 0 Å². The molecule has 3 aromatic rings. The van der Waals surface area contributed by atoms with Crippen molar-refractivity contribution in [2.75, 3.05) is 0 Å². The molecular formula is C22H17F3N2O. The molecule has 3 rings (SSSR count). The highest BCUT2D eigenvalue weighted by atomic mass is 19.4. The summed E-state index contributed by atoms with van der Waals surface area (Å²) in [5, 5.41) is 8.37. The van der Waals surface area contributed by atoms with E-state index in [1.807, 2.05) is 55.5 Å². The molecule has 28 heavy (non-hydrogen) atoms. The number of ketones is 1. The summed E-state index contributed by atoms with van der Waals surface area (Å²) in [6, 6.07) is 21.5. The van der Waals surface area contributed by atoms with Crippen molar-refractivity contribution in [3.63, 3.8) is 0 Å². The van der Waals surface area contributed by atoms with Crippen LogP contribution in [0.2, 0.25) is 0 Å². The summed E-state index contributed by atoms with van der Waals surface area (Å²) in [7, 11) is 0. The molecule has 0 fully saturated rings. The average Bonchev–Trinajstić information content (AvgIpc) is 2.68. The van der Waals surface area contributed by atoms with Crippen molar-refractivity contribution in [1.29, 1.82) is 0 Å². The SMILES string of the molecule is Cc1ccc(N=Nc2ccc(-c3ccc(CC(=O)C(F)(F)F)cc3)cc2)cc1. The van der Waals surface area contributed by atoms with Gasteiger partial charge in [-0.2, -0.15) is 23.4 Å². The first kappa shape index (κ1) is 19.5.